The second-order valence-corrected chi connectivity index (χ2v) is 10.0. The van der Waals surface area contributed by atoms with Crippen LogP contribution in [0.5, 0.6) is 0 Å². The Kier molecular flexibility index (Phi) is 7.84. The van der Waals surface area contributed by atoms with Gasteiger partial charge in [-0.3, -0.25) is 19.7 Å². The van der Waals surface area contributed by atoms with Gasteiger partial charge in [0.2, 0.25) is 5.89 Å². The summed E-state index contributed by atoms with van der Waals surface area (Å²) in [6.07, 6.45) is 6.45. The van der Waals surface area contributed by atoms with Crippen molar-refractivity contribution in [3.8, 4) is 0 Å². The molecular weight excluding hydrogens is 448 g/mol. The van der Waals surface area contributed by atoms with E-state index in [9.17, 15) is 9.59 Å². The zero-order chi connectivity index (χ0) is 23.1. The summed E-state index contributed by atoms with van der Waals surface area (Å²) in [4.78, 5) is 37.0. The summed E-state index contributed by atoms with van der Waals surface area (Å²) in [6.45, 7) is 6.23. The molecule has 2 amide bonds. The maximum Gasteiger partial charge on any atom is 0.267 e. The predicted molar refractivity (Wildman–Crippen MR) is 125 cm³/mol. The van der Waals surface area contributed by atoms with E-state index in [1.165, 1.54) is 24.5 Å². The van der Waals surface area contributed by atoms with E-state index in [-0.39, 0.29) is 17.2 Å². The molecule has 2 N–H and O–H groups in total. The first-order valence-electron chi connectivity index (χ1n) is 9.71. The van der Waals surface area contributed by atoms with E-state index in [0.717, 1.165) is 15.5 Å². The first-order valence-corrected chi connectivity index (χ1v) is 11.5. The normalized spacial score (nSPS) is 11.6. The number of hydrogen-bond donors (Lipinski definition) is 2. The lowest BCUT2D eigenvalue weighted by atomic mass is 9.94. The van der Waals surface area contributed by atoms with Gasteiger partial charge in [-0.1, -0.05) is 44.2 Å². The number of thiazole rings is 1. The van der Waals surface area contributed by atoms with Gasteiger partial charge in [-0.15, -0.1) is 11.8 Å². The number of anilines is 1. The van der Waals surface area contributed by atoms with Crippen LogP contribution in [0.1, 0.15) is 48.3 Å². The van der Waals surface area contributed by atoms with Crippen molar-refractivity contribution in [2.24, 2.45) is 0 Å². The molecule has 0 aliphatic heterocycles. The molecule has 3 rings (SSSR count). The summed E-state index contributed by atoms with van der Waals surface area (Å²) in [6, 6.07) is 6.86. The Hall–Kier alpha value is -2.95. The first-order chi connectivity index (χ1) is 15.2. The average Bonchev–Trinajstić information content (AvgIpc) is 3.40. The van der Waals surface area contributed by atoms with Crippen LogP contribution in [0.25, 0.3) is 6.08 Å². The van der Waals surface area contributed by atoms with Crippen LogP contribution < -0.4 is 10.8 Å². The van der Waals surface area contributed by atoms with Crippen LogP contribution in [0.2, 0.25) is 0 Å². The molecule has 10 heteroatoms. The maximum atomic E-state index is 12.5. The fourth-order valence-electron chi connectivity index (χ4n) is 2.46. The summed E-state index contributed by atoms with van der Waals surface area (Å²) in [5.74, 6) is 1.47. The molecule has 0 aliphatic rings. The van der Waals surface area contributed by atoms with Crippen molar-refractivity contribution in [1.82, 2.24) is 15.4 Å². The number of oxazole rings is 1. The molecule has 3 aromatic rings. The Labute approximate surface area is 194 Å². The number of thioether (sulfide) groups is 1. The number of rotatable bonds is 8. The number of nitrogens with one attached hydrogen (secondary N) is 2. The van der Waals surface area contributed by atoms with Crippen LogP contribution in [-0.2, 0) is 20.8 Å². The minimum atomic E-state index is -0.371. The Morgan fingerprint density at radius 2 is 1.94 bits per heavy atom. The zero-order valence-corrected chi connectivity index (χ0v) is 19.8. The third-order valence-electron chi connectivity index (χ3n) is 4.14. The predicted octanol–water partition coefficient (Wildman–Crippen LogP) is 4.66. The lowest BCUT2D eigenvalue weighted by Gasteiger charge is -2.12. The molecule has 0 saturated heterocycles. The number of hydroxylamine groups is 1. The molecule has 32 heavy (non-hydrogen) atoms. The standard InChI is InChI=1S/C22H24N4O4S2/c1-22(2,3)16-11-23-18(30-16)13-31-19-12-24-21(32-19)25-20(28)15-8-5-14(6-9-15)7-10-17(27)26-29-4/h5-12H,13H2,1-4H3,(H,26,27)(H,24,25,28). The van der Waals surface area contributed by atoms with Crippen LogP contribution >= 0.6 is 23.1 Å². The van der Waals surface area contributed by atoms with Gasteiger partial charge in [0.05, 0.1) is 29.5 Å². The molecule has 0 fully saturated rings. The van der Waals surface area contributed by atoms with E-state index in [4.69, 9.17) is 4.42 Å². The largest absolute Gasteiger partial charge is 0.444 e. The van der Waals surface area contributed by atoms with Crippen LogP contribution in [0, 0.1) is 0 Å². The van der Waals surface area contributed by atoms with Gasteiger partial charge in [-0.25, -0.2) is 15.4 Å². The Balaban J connectivity index is 1.53. The SMILES string of the molecule is CONC(=O)C=Cc1ccc(C(=O)Nc2ncc(SCc3ncc(C(C)(C)C)o3)s2)cc1. The summed E-state index contributed by atoms with van der Waals surface area (Å²) >= 11 is 2.94. The number of nitrogens with zero attached hydrogens (tertiary/aromatic N) is 2. The Morgan fingerprint density at radius 1 is 1.19 bits per heavy atom. The molecule has 2 aromatic heterocycles. The van der Waals surface area contributed by atoms with Crippen molar-refractivity contribution >= 4 is 46.1 Å². The smallest absolute Gasteiger partial charge is 0.267 e. The minimum absolute atomic E-state index is 0.0784. The van der Waals surface area contributed by atoms with E-state index < -0.39 is 0 Å². The van der Waals surface area contributed by atoms with Gasteiger partial charge >= 0.3 is 0 Å². The number of benzene rings is 1. The molecular formula is C22H24N4O4S2. The van der Waals surface area contributed by atoms with Crippen molar-refractivity contribution in [3.05, 3.63) is 65.5 Å². The monoisotopic (exact) mass is 472 g/mol. The topological polar surface area (TPSA) is 106 Å². The first kappa shape index (κ1) is 23.7. The third-order valence-corrected chi connectivity index (χ3v) is 6.23. The van der Waals surface area contributed by atoms with Gasteiger partial charge in [0.1, 0.15) is 5.76 Å². The summed E-state index contributed by atoms with van der Waals surface area (Å²) < 4.78 is 6.75. The fraction of sp³-hybridized carbons (Fsp3) is 0.273. The molecule has 0 unspecified atom stereocenters. The van der Waals surface area contributed by atoms with Gasteiger partial charge in [-0.2, -0.15) is 0 Å². The highest BCUT2D eigenvalue weighted by molar-refractivity contribution is 8.00. The lowest BCUT2D eigenvalue weighted by Crippen LogP contribution is -2.18. The van der Waals surface area contributed by atoms with Gasteiger partial charge in [0, 0.05) is 17.1 Å². The molecule has 0 aliphatic carbocycles. The van der Waals surface area contributed by atoms with Crippen molar-refractivity contribution in [2.75, 3.05) is 12.4 Å². The van der Waals surface area contributed by atoms with Gasteiger partial charge in [-0.05, 0) is 23.8 Å². The number of hydrogen-bond acceptors (Lipinski definition) is 8. The fourth-order valence-corrected chi connectivity index (χ4v) is 4.18. The average molecular weight is 473 g/mol. The molecule has 1 aromatic carbocycles. The van der Waals surface area contributed by atoms with Gasteiger partial charge in [0.15, 0.2) is 5.13 Å². The van der Waals surface area contributed by atoms with Crippen molar-refractivity contribution in [3.63, 3.8) is 0 Å². The van der Waals surface area contributed by atoms with Crippen molar-refractivity contribution < 1.29 is 18.8 Å². The minimum Gasteiger partial charge on any atom is -0.444 e. The van der Waals surface area contributed by atoms with E-state index >= 15 is 0 Å². The second-order valence-electron chi connectivity index (χ2n) is 7.72. The zero-order valence-electron chi connectivity index (χ0n) is 18.2. The number of amides is 2. The number of aromatic nitrogens is 2. The van der Waals surface area contributed by atoms with Gasteiger partial charge < -0.3 is 4.42 Å². The van der Waals surface area contributed by atoms with E-state index in [1.54, 1.807) is 54.5 Å². The van der Waals surface area contributed by atoms with Crippen molar-refractivity contribution in [2.45, 2.75) is 36.1 Å². The Bertz CT molecular complexity index is 1100. The maximum absolute atomic E-state index is 12.5. The summed E-state index contributed by atoms with van der Waals surface area (Å²) in [5, 5.41) is 3.32. The summed E-state index contributed by atoms with van der Waals surface area (Å²) in [5.41, 5.74) is 3.38. The van der Waals surface area contributed by atoms with Gasteiger partial charge in [0.25, 0.3) is 11.8 Å². The molecule has 168 valence electrons. The molecule has 0 atom stereocenters. The van der Waals surface area contributed by atoms with E-state index in [2.05, 4.69) is 46.4 Å². The second kappa shape index (κ2) is 10.6. The Morgan fingerprint density at radius 3 is 2.59 bits per heavy atom. The quantitative estimate of drug-likeness (QED) is 0.279. The highest BCUT2D eigenvalue weighted by atomic mass is 32.2. The highest BCUT2D eigenvalue weighted by Crippen LogP contribution is 2.32. The molecule has 0 radical (unpaired) electrons. The third kappa shape index (κ3) is 6.78. The summed E-state index contributed by atoms with van der Waals surface area (Å²) in [7, 11) is 1.36. The van der Waals surface area contributed by atoms with Crippen LogP contribution in [0.3, 0.4) is 0 Å². The highest BCUT2D eigenvalue weighted by Gasteiger charge is 2.19. The van der Waals surface area contributed by atoms with Crippen molar-refractivity contribution in [1.29, 1.82) is 0 Å². The van der Waals surface area contributed by atoms with Crippen LogP contribution in [0.15, 0.2) is 51.4 Å². The molecule has 0 bridgehead atoms. The molecule has 8 nitrogen and oxygen atoms in total. The lowest BCUT2D eigenvalue weighted by molar-refractivity contribution is -0.126. The molecule has 2 heterocycles. The van der Waals surface area contributed by atoms with Crippen LogP contribution in [0.4, 0.5) is 5.13 Å². The van der Waals surface area contributed by atoms with Crippen LogP contribution in [-0.4, -0.2) is 28.9 Å². The molecule has 0 spiro atoms. The number of carbonyl (C=O) groups is 2. The molecule has 0 saturated carbocycles. The van der Waals surface area contributed by atoms with E-state index in [1.807, 2.05) is 0 Å². The van der Waals surface area contributed by atoms with E-state index in [0.29, 0.717) is 22.3 Å². The number of carbonyl (C=O) groups excluding carboxylic acids is 2.